The summed E-state index contributed by atoms with van der Waals surface area (Å²) in [7, 11) is 2.03. The lowest BCUT2D eigenvalue weighted by molar-refractivity contribution is 0.585. The second kappa shape index (κ2) is 5.78. The maximum atomic E-state index is 4.07. The van der Waals surface area contributed by atoms with Crippen molar-refractivity contribution < 1.29 is 0 Å². The summed E-state index contributed by atoms with van der Waals surface area (Å²) in [6.45, 7) is 4.36. The van der Waals surface area contributed by atoms with Crippen LogP contribution in [0.15, 0.2) is 42.7 Å². The average Bonchev–Trinajstić information content (AvgIpc) is 2.38. The van der Waals surface area contributed by atoms with Crippen molar-refractivity contribution in [2.24, 2.45) is 0 Å². The molecule has 0 saturated heterocycles. The van der Waals surface area contributed by atoms with Crippen LogP contribution in [0.1, 0.15) is 28.3 Å². The van der Waals surface area contributed by atoms with Crippen LogP contribution in [0.4, 0.5) is 0 Å². The molecule has 0 amide bonds. The lowest BCUT2D eigenvalue weighted by Crippen LogP contribution is -2.20. The Kier molecular flexibility index (Phi) is 4.11. The second-order valence-electron chi connectivity index (χ2n) is 4.71. The zero-order valence-electron chi connectivity index (χ0n) is 11.3. The van der Waals surface area contributed by atoms with Crippen LogP contribution in [0.2, 0.25) is 0 Å². The molecule has 0 saturated carbocycles. The summed E-state index contributed by atoms with van der Waals surface area (Å²) in [5.41, 5.74) is 5.43. The van der Waals surface area contributed by atoms with Crippen LogP contribution in [-0.2, 0) is 6.42 Å². The summed E-state index contributed by atoms with van der Waals surface area (Å²) >= 11 is 0. The van der Waals surface area contributed by atoms with Gasteiger partial charge in [0.25, 0.3) is 0 Å². The van der Waals surface area contributed by atoms with E-state index in [0.29, 0.717) is 6.04 Å². The number of pyridine rings is 1. The first kappa shape index (κ1) is 12.8. The van der Waals surface area contributed by atoms with Crippen LogP contribution in [0.3, 0.4) is 0 Å². The van der Waals surface area contributed by atoms with Crippen molar-refractivity contribution in [2.75, 3.05) is 7.05 Å². The first-order valence-electron chi connectivity index (χ1n) is 6.34. The second-order valence-corrected chi connectivity index (χ2v) is 4.71. The van der Waals surface area contributed by atoms with Crippen molar-refractivity contribution in [1.29, 1.82) is 0 Å². The number of hydrogen-bond donors (Lipinski definition) is 1. The van der Waals surface area contributed by atoms with Crippen molar-refractivity contribution in [1.82, 2.24) is 10.3 Å². The fraction of sp³-hybridized carbons (Fsp3) is 0.312. The molecule has 2 heteroatoms. The number of aromatic nitrogens is 1. The topological polar surface area (TPSA) is 24.9 Å². The quantitative estimate of drug-likeness (QED) is 0.887. The van der Waals surface area contributed by atoms with E-state index in [1.807, 2.05) is 19.4 Å². The smallest absolute Gasteiger partial charge is 0.0363 e. The van der Waals surface area contributed by atoms with Gasteiger partial charge in [-0.25, -0.2) is 0 Å². The van der Waals surface area contributed by atoms with Crippen molar-refractivity contribution in [3.63, 3.8) is 0 Å². The molecule has 18 heavy (non-hydrogen) atoms. The summed E-state index contributed by atoms with van der Waals surface area (Å²) in [5, 5.41) is 3.43. The Morgan fingerprint density at radius 3 is 2.22 bits per heavy atom. The molecule has 2 rings (SSSR count). The molecule has 0 bridgehead atoms. The maximum Gasteiger partial charge on any atom is 0.0363 e. The van der Waals surface area contributed by atoms with Gasteiger partial charge in [-0.3, -0.25) is 4.98 Å². The van der Waals surface area contributed by atoms with Crippen molar-refractivity contribution in [2.45, 2.75) is 26.3 Å². The summed E-state index contributed by atoms with van der Waals surface area (Å²) in [4.78, 5) is 4.07. The number of likely N-dealkylation sites (N-methyl/N-ethyl adjacent to an activating group) is 1. The molecule has 1 N–H and O–H groups in total. The Morgan fingerprint density at radius 2 is 1.67 bits per heavy atom. The minimum atomic E-state index is 0.355. The third kappa shape index (κ3) is 2.77. The van der Waals surface area contributed by atoms with E-state index in [0.717, 1.165) is 6.42 Å². The van der Waals surface area contributed by atoms with Crippen LogP contribution in [0.25, 0.3) is 0 Å². The van der Waals surface area contributed by atoms with E-state index in [4.69, 9.17) is 0 Å². The lowest BCUT2D eigenvalue weighted by Gasteiger charge is -2.21. The standard InChI is InChI=1S/C16H20N2/c1-12-5-4-6-13(2)16(12)15(17-3)11-14-7-9-18-10-8-14/h4-10,15,17H,11H2,1-3H3. The van der Waals surface area contributed by atoms with E-state index in [1.165, 1.54) is 22.3 Å². The van der Waals surface area contributed by atoms with Gasteiger partial charge in [-0.2, -0.15) is 0 Å². The summed E-state index contributed by atoms with van der Waals surface area (Å²) in [5.74, 6) is 0. The van der Waals surface area contributed by atoms with Gasteiger partial charge in [-0.1, -0.05) is 18.2 Å². The van der Waals surface area contributed by atoms with Gasteiger partial charge in [-0.05, 0) is 61.7 Å². The molecule has 2 nitrogen and oxygen atoms in total. The zero-order chi connectivity index (χ0) is 13.0. The minimum absolute atomic E-state index is 0.355. The Balaban J connectivity index is 2.29. The molecule has 1 aromatic heterocycles. The van der Waals surface area contributed by atoms with E-state index in [1.54, 1.807) is 0 Å². The molecule has 2 aromatic rings. The van der Waals surface area contributed by atoms with E-state index in [9.17, 15) is 0 Å². The van der Waals surface area contributed by atoms with Crippen molar-refractivity contribution in [3.8, 4) is 0 Å². The Morgan fingerprint density at radius 1 is 1.06 bits per heavy atom. The molecule has 1 unspecified atom stereocenters. The van der Waals surface area contributed by atoms with E-state index in [2.05, 4.69) is 54.5 Å². The Bertz CT molecular complexity index is 486. The van der Waals surface area contributed by atoms with Crippen LogP contribution in [0, 0.1) is 13.8 Å². The van der Waals surface area contributed by atoms with Gasteiger partial charge in [0, 0.05) is 18.4 Å². The Labute approximate surface area is 109 Å². The van der Waals surface area contributed by atoms with E-state index < -0.39 is 0 Å². The summed E-state index contributed by atoms with van der Waals surface area (Å²) < 4.78 is 0. The lowest BCUT2D eigenvalue weighted by atomic mass is 9.92. The first-order chi connectivity index (χ1) is 8.72. The minimum Gasteiger partial charge on any atom is -0.313 e. The van der Waals surface area contributed by atoms with Crippen LogP contribution in [-0.4, -0.2) is 12.0 Å². The predicted molar refractivity (Wildman–Crippen MR) is 75.7 cm³/mol. The highest BCUT2D eigenvalue weighted by Crippen LogP contribution is 2.24. The monoisotopic (exact) mass is 240 g/mol. The highest BCUT2D eigenvalue weighted by Gasteiger charge is 2.14. The number of hydrogen-bond acceptors (Lipinski definition) is 2. The molecule has 0 aliphatic heterocycles. The third-order valence-electron chi connectivity index (χ3n) is 3.43. The fourth-order valence-electron chi connectivity index (χ4n) is 2.48. The highest BCUT2D eigenvalue weighted by molar-refractivity contribution is 5.37. The molecule has 0 fully saturated rings. The molecule has 0 spiro atoms. The van der Waals surface area contributed by atoms with Gasteiger partial charge >= 0.3 is 0 Å². The van der Waals surface area contributed by atoms with Gasteiger partial charge in [0.2, 0.25) is 0 Å². The van der Waals surface area contributed by atoms with E-state index >= 15 is 0 Å². The molecule has 0 aliphatic rings. The van der Waals surface area contributed by atoms with Crippen molar-refractivity contribution >= 4 is 0 Å². The summed E-state index contributed by atoms with van der Waals surface area (Å²) in [6, 6.07) is 11.0. The van der Waals surface area contributed by atoms with Crippen molar-refractivity contribution in [3.05, 3.63) is 65.0 Å². The number of nitrogens with one attached hydrogen (secondary N) is 1. The molecule has 0 radical (unpaired) electrons. The van der Waals surface area contributed by atoms with E-state index in [-0.39, 0.29) is 0 Å². The van der Waals surface area contributed by atoms with Crippen LogP contribution >= 0.6 is 0 Å². The SMILES string of the molecule is CNC(Cc1ccncc1)c1c(C)cccc1C. The normalized spacial score (nSPS) is 12.4. The highest BCUT2D eigenvalue weighted by atomic mass is 14.9. The molecular formula is C16H20N2. The molecule has 1 atom stereocenters. The van der Waals surface area contributed by atoms with Gasteiger partial charge in [-0.15, -0.1) is 0 Å². The number of nitrogens with zero attached hydrogens (tertiary/aromatic N) is 1. The first-order valence-corrected chi connectivity index (χ1v) is 6.34. The average molecular weight is 240 g/mol. The molecule has 94 valence electrons. The largest absolute Gasteiger partial charge is 0.313 e. The molecule has 0 aliphatic carbocycles. The number of rotatable bonds is 4. The zero-order valence-corrected chi connectivity index (χ0v) is 11.3. The third-order valence-corrected chi connectivity index (χ3v) is 3.43. The molecule has 1 aromatic carbocycles. The van der Waals surface area contributed by atoms with Gasteiger partial charge in [0.05, 0.1) is 0 Å². The molecule has 1 heterocycles. The van der Waals surface area contributed by atoms with Gasteiger partial charge < -0.3 is 5.32 Å². The predicted octanol–water partition coefficient (Wildman–Crippen LogP) is 3.20. The summed E-state index contributed by atoms with van der Waals surface area (Å²) in [6.07, 6.45) is 4.70. The van der Waals surface area contributed by atoms with Gasteiger partial charge in [0.15, 0.2) is 0 Å². The Hall–Kier alpha value is -1.67. The van der Waals surface area contributed by atoms with Crippen LogP contribution in [0.5, 0.6) is 0 Å². The van der Waals surface area contributed by atoms with Gasteiger partial charge in [0.1, 0.15) is 0 Å². The number of aryl methyl sites for hydroxylation is 2. The molecular weight excluding hydrogens is 220 g/mol. The number of benzene rings is 1. The van der Waals surface area contributed by atoms with Crippen LogP contribution < -0.4 is 5.32 Å². The fourth-order valence-corrected chi connectivity index (χ4v) is 2.48. The maximum absolute atomic E-state index is 4.07.